The molecule has 2 rings (SSSR count). The third-order valence-corrected chi connectivity index (χ3v) is 6.39. The molecule has 0 radical (unpaired) electrons. The molecule has 1 aliphatic carbocycles. The molecule has 0 bridgehead atoms. The zero-order chi connectivity index (χ0) is 13.4. The number of halogens is 1. The molecule has 3 heteroatoms. The first kappa shape index (κ1) is 14.6. The number of esters is 1. The van der Waals surface area contributed by atoms with Gasteiger partial charge in [0.15, 0.2) is 0 Å². The molecule has 0 aromatic rings. The van der Waals surface area contributed by atoms with Crippen molar-refractivity contribution in [2.75, 3.05) is 4.43 Å². The monoisotopic (exact) mass is 364 g/mol. The first-order valence-electron chi connectivity index (χ1n) is 7.19. The number of alkyl halides is 1. The second-order valence-corrected chi connectivity index (χ2v) is 7.67. The molecule has 104 valence electrons. The molecule has 1 spiro atoms. The van der Waals surface area contributed by atoms with Gasteiger partial charge >= 0.3 is 5.97 Å². The molecule has 2 fully saturated rings. The lowest BCUT2D eigenvalue weighted by molar-refractivity contribution is -0.140. The molecule has 0 aromatic carbocycles. The maximum atomic E-state index is 11.6. The van der Waals surface area contributed by atoms with Crippen molar-refractivity contribution in [2.45, 2.75) is 65.4 Å². The number of carbonyl (C=O) groups excluding carboxylic acids is 1. The molecule has 18 heavy (non-hydrogen) atoms. The van der Waals surface area contributed by atoms with E-state index in [1.807, 2.05) is 0 Å². The standard InChI is InChI=1S/C15H25IO2/c1-4-14(2,3)11-5-7-15(8-6-11)9-13(17)18-12(15)10-16/h11-12H,4-10H2,1-3H3. The second-order valence-electron chi connectivity index (χ2n) is 6.79. The molecular formula is C15H25IO2. The van der Waals surface area contributed by atoms with Gasteiger partial charge in [0.05, 0.1) is 6.42 Å². The first-order valence-corrected chi connectivity index (χ1v) is 8.71. The highest BCUT2D eigenvalue weighted by Gasteiger charge is 2.51. The predicted molar refractivity (Wildman–Crippen MR) is 81.8 cm³/mol. The van der Waals surface area contributed by atoms with E-state index in [-0.39, 0.29) is 17.5 Å². The number of carbonyl (C=O) groups is 1. The minimum absolute atomic E-state index is 0.0323. The van der Waals surface area contributed by atoms with E-state index in [1.54, 1.807) is 0 Å². The minimum atomic E-state index is 0.0323. The summed E-state index contributed by atoms with van der Waals surface area (Å²) in [7, 11) is 0. The lowest BCUT2D eigenvalue weighted by Gasteiger charge is -2.44. The van der Waals surface area contributed by atoms with Crippen LogP contribution in [0.5, 0.6) is 0 Å². The van der Waals surface area contributed by atoms with Crippen molar-refractivity contribution in [1.82, 2.24) is 0 Å². The van der Waals surface area contributed by atoms with Crippen molar-refractivity contribution in [3.8, 4) is 0 Å². The summed E-state index contributed by atoms with van der Waals surface area (Å²) in [5.74, 6) is 0.851. The average molecular weight is 364 g/mol. The Bertz CT molecular complexity index is 316. The van der Waals surface area contributed by atoms with E-state index in [0.29, 0.717) is 11.8 Å². The summed E-state index contributed by atoms with van der Waals surface area (Å²) in [6, 6.07) is 0. The fraction of sp³-hybridized carbons (Fsp3) is 0.933. The Morgan fingerprint density at radius 3 is 2.50 bits per heavy atom. The highest BCUT2D eigenvalue weighted by atomic mass is 127. The lowest BCUT2D eigenvalue weighted by Crippen LogP contribution is -2.39. The Hall–Kier alpha value is 0.200. The van der Waals surface area contributed by atoms with Gasteiger partial charge in [-0.1, -0.05) is 49.8 Å². The summed E-state index contributed by atoms with van der Waals surface area (Å²) >= 11 is 2.36. The molecule has 1 saturated carbocycles. The maximum Gasteiger partial charge on any atom is 0.306 e. The molecule has 2 aliphatic rings. The van der Waals surface area contributed by atoms with Crippen LogP contribution in [0.25, 0.3) is 0 Å². The minimum Gasteiger partial charge on any atom is -0.461 e. The summed E-state index contributed by atoms with van der Waals surface area (Å²) in [6.07, 6.45) is 6.99. The van der Waals surface area contributed by atoms with Crippen LogP contribution in [0.3, 0.4) is 0 Å². The van der Waals surface area contributed by atoms with Gasteiger partial charge in [-0.2, -0.15) is 0 Å². The quantitative estimate of drug-likeness (QED) is 0.423. The van der Waals surface area contributed by atoms with Crippen molar-refractivity contribution in [3.05, 3.63) is 0 Å². The van der Waals surface area contributed by atoms with E-state index >= 15 is 0 Å². The van der Waals surface area contributed by atoms with Crippen LogP contribution in [0.1, 0.15) is 59.3 Å². The van der Waals surface area contributed by atoms with Crippen LogP contribution in [0.2, 0.25) is 0 Å². The van der Waals surface area contributed by atoms with Crippen LogP contribution in [0.15, 0.2) is 0 Å². The van der Waals surface area contributed by atoms with Gasteiger partial charge in [0.1, 0.15) is 6.10 Å². The van der Waals surface area contributed by atoms with E-state index < -0.39 is 0 Å². The van der Waals surface area contributed by atoms with Gasteiger partial charge in [-0.3, -0.25) is 4.79 Å². The summed E-state index contributed by atoms with van der Waals surface area (Å²) in [6.45, 7) is 7.07. The van der Waals surface area contributed by atoms with Crippen LogP contribution in [0.4, 0.5) is 0 Å². The highest BCUT2D eigenvalue weighted by Crippen LogP contribution is 2.53. The third kappa shape index (κ3) is 2.56. The molecule has 1 unspecified atom stereocenters. The van der Waals surface area contributed by atoms with Crippen LogP contribution in [0, 0.1) is 16.7 Å². The molecular weight excluding hydrogens is 339 g/mol. The van der Waals surface area contributed by atoms with Crippen molar-refractivity contribution >= 4 is 28.6 Å². The molecule has 0 aromatic heterocycles. The SMILES string of the molecule is CCC(C)(C)C1CCC2(CC1)CC(=O)OC2CI. The zero-order valence-corrected chi connectivity index (χ0v) is 14.0. The van der Waals surface area contributed by atoms with Gasteiger partial charge in [0.2, 0.25) is 0 Å². The number of hydrogen-bond donors (Lipinski definition) is 0. The van der Waals surface area contributed by atoms with Crippen LogP contribution in [-0.4, -0.2) is 16.5 Å². The van der Waals surface area contributed by atoms with Crippen LogP contribution < -0.4 is 0 Å². The molecule has 1 atom stereocenters. The van der Waals surface area contributed by atoms with Gasteiger partial charge in [0, 0.05) is 9.84 Å². The number of cyclic esters (lactones) is 1. The number of hydrogen-bond acceptors (Lipinski definition) is 2. The number of ether oxygens (including phenoxy) is 1. The molecule has 1 aliphatic heterocycles. The first-order chi connectivity index (χ1) is 8.43. The molecule has 1 heterocycles. The van der Waals surface area contributed by atoms with Gasteiger partial charge in [0.25, 0.3) is 0 Å². The Labute approximate surface area is 124 Å². The highest BCUT2D eigenvalue weighted by molar-refractivity contribution is 14.1. The van der Waals surface area contributed by atoms with Crippen LogP contribution >= 0.6 is 22.6 Å². The summed E-state index contributed by atoms with van der Waals surface area (Å²) in [4.78, 5) is 11.6. The van der Waals surface area contributed by atoms with E-state index in [4.69, 9.17) is 4.74 Å². The maximum absolute atomic E-state index is 11.6. The molecule has 1 saturated heterocycles. The van der Waals surface area contributed by atoms with Crippen molar-refractivity contribution in [3.63, 3.8) is 0 Å². The lowest BCUT2D eigenvalue weighted by atomic mass is 9.61. The van der Waals surface area contributed by atoms with Gasteiger partial charge in [-0.15, -0.1) is 0 Å². The molecule has 0 N–H and O–H groups in total. The zero-order valence-electron chi connectivity index (χ0n) is 11.8. The number of rotatable bonds is 3. The van der Waals surface area contributed by atoms with Crippen LogP contribution in [-0.2, 0) is 9.53 Å². The fourth-order valence-corrected chi connectivity index (χ4v) is 4.80. The Morgan fingerprint density at radius 1 is 1.39 bits per heavy atom. The Morgan fingerprint density at radius 2 is 2.00 bits per heavy atom. The molecule has 0 amide bonds. The second kappa shape index (κ2) is 5.29. The topological polar surface area (TPSA) is 26.3 Å². The Kier molecular flexibility index (Phi) is 4.30. The van der Waals surface area contributed by atoms with Gasteiger partial charge in [-0.25, -0.2) is 0 Å². The van der Waals surface area contributed by atoms with E-state index in [2.05, 4.69) is 43.4 Å². The smallest absolute Gasteiger partial charge is 0.306 e. The average Bonchev–Trinajstić information content (AvgIpc) is 2.66. The normalized spacial score (nSPS) is 37.0. The summed E-state index contributed by atoms with van der Waals surface area (Å²) < 4.78 is 6.45. The molecule has 2 nitrogen and oxygen atoms in total. The third-order valence-electron chi connectivity index (χ3n) is 5.59. The van der Waals surface area contributed by atoms with Crippen molar-refractivity contribution in [2.24, 2.45) is 16.7 Å². The van der Waals surface area contributed by atoms with Crippen molar-refractivity contribution < 1.29 is 9.53 Å². The van der Waals surface area contributed by atoms with E-state index in [0.717, 1.165) is 10.3 Å². The fourth-order valence-electron chi connectivity index (χ4n) is 3.68. The largest absolute Gasteiger partial charge is 0.461 e. The Balaban J connectivity index is 2.03. The van der Waals surface area contributed by atoms with Gasteiger partial charge in [-0.05, 0) is 37.0 Å². The predicted octanol–water partition coefficient (Wildman–Crippen LogP) is 4.35. The summed E-state index contributed by atoms with van der Waals surface area (Å²) in [5.41, 5.74) is 0.628. The van der Waals surface area contributed by atoms with E-state index in [9.17, 15) is 4.79 Å². The van der Waals surface area contributed by atoms with Crippen molar-refractivity contribution in [1.29, 1.82) is 0 Å². The summed E-state index contributed by atoms with van der Waals surface area (Å²) in [5, 5.41) is 0. The van der Waals surface area contributed by atoms with Gasteiger partial charge < -0.3 is 4.74 Å². The van der Waals surface area contributed by atoms with E-state index in [1.165, 1.54) is 32.1 Å².